The summed E-state index contributed by atoms with van der Waals surface area (Å²) in [5.41, 5.74) is 0.278. The fourth-order valence-corrected chi connectivity index (χ4v) is 3.87. The molecule has 3 rings (SSSR count). The predicted molar refractivity (Wildman–Crippen MR) is 115 cm³/mol. The molecule has 0 fully saturated rings. The van der Waals surface area contributed by atoms with E-state index in [-0.39, 0.29) is 5.96 Å². The molecule has 0 radical (unpaired) electrons. The number of ether oxygens (including phenoxy) is 3. The van der Waals surface area contributed by atoms with Gasteiger partial charge in [0.2, 0.25) is 5.96 Å². The first kappa shape index (κ1) is 23.0. The minimum absolute atomic E-state index is 0.204. The zero-order valence-corrected chi connectivity index (χ0v) is 18.1. The Morgan fingerprint density at radius 2 is 1.94 bits per heavy atom. The monoisotopic (exact) mass is 435 g/mol. The topological polar surface area (TPSA) is 135 Å². The lowest BCUT2D eigenvalue weighted by Crippen LogP contribution is -2.62. The van der Waals surface area contributed by atoms with Crippen molar-refractivity contribution >= 4 is 5.96 Å². The van der Waals surface area contributed by atoms with Crippen LogP contribution in [-0.4, -0.2) is 48.2 Å². The highest BCUT2D eigenvalue weighted by atomic mass is 16.7. The van der Waals surface area contributed by atoms with Crippen LogP contribution in [0.2, 0.25) is 0 Å². The van der Waals surface area contributed by atoms with Crippen LogP contribution in [0.25, 0.3) is 0 Å². The van der Waals surface area contributed by atoms with Crippen LogP contribution in [0.5, 0.6) is 5.75 Å². The first-order valence-corrected chi connectivity index (χ1v) is 9.91. The quantitative estimate of drug-likeness (QED) is 0.207. The number of nitriles is 2. The number of guanidine groups is 1. The van der Waals surface area contributed by atoms with Crippen LogP contribution in [0, 0.1) is 28.2 Å². The van der Waals surface area contributed by atoms with E-state index in [1.165, 1.54) is 14.2 Å². The SMILES string of the molecule is COC(OC)[C@@]1(C)Oc2ccc(C#N)cc2[C@@H](N(C#N)C(=N)NCc2ccccc2)[C@@H]1O. The van der Waals surface area contributed by atoms with Crippen LogP contribution in [0.1, 0.15) is 29.7 Å². The second kappa shape index (κ2) is 9.67. The van der Waals surface area contributed by atoms with Crippen molar-refractivity contribution in [2.24, 2.45) is 0 Å². The fraction of sp³-hybridized carbons (Fsp3) is 0.348. The molecule has 0 bridgehead atoms. The summed E-state index contributed by atoms with van der Waals surface area (Å²) in [6, 6.07) is 15.2. The number of rotatable bonds is 6. The number of hydrogen-bond donors (Lipinski definition) is 3. The van der Waals surface area contributed by atoms with Crippen molar-refractivity contribution < 1.29 is 19.3 Å². The van der Waals surface area contributed by atoms with Crippen molar-refractivity contribution in [3.05, 3.63) is 65.2 Å². The second-order valence-corrected chi connectivity index (χ2v) is 7.50. The van der Waals surface area contributed by atoms with E-state index in [9.17, 15) is 15.6 Å². The molecule has 0 aromatic heterocycles. The predicted octanol–water partition coefficient (Wildman–Crippen LogP) is 2.24. The van der Waals surface area contributed by atoms with Crippen LogP contribution >= 0.6 is 0 Å². The van der Waals surface area contributed by atoms with E-state index in [1.54, 1.807) is 25.1 Å². The van der Waals surface area contributed by atoms with Crippen LogP contribution in [-0.2, 0) is 16.0 Å². The minimum atomic E-state index is -1.40. The van der Waals surface area contributed by atoms with E-state index < -0.39 is 24.0 Å². The molecule has 0 spiro atoms. The van der Waals surface area contributed by atoms with Gasteiger partial charge in [-0.15, -0.1) is 0 Å². The summed E-state index contributed by atoms with van der Waals surface area (Å²) >= 11 is 0. The zero-order valence-electron chi connectivity index (χ0n) is 18.1. The molecule has 3 atom stereocenters. The number of nitrogens with one attached hydrogen (secondary N) is 2. The molecular weight excluding hydrogens is 410 g/mol. The zero-order chi connectivity index (χ0) is 23.3. The highest BCUT2D eigenvalue weighted by Gasteiger charge is 2.54. The average molecular weight is 435 g/mol. The Hall–Kier alpha value is -3.63. The van der Waals surface area contributed by atoms with Gasteiger partial charge in [-0.05, 0) is 30.7 Å². The van der Waals surface area contributed by atoms with Gasteiger partial charge in [0.1, 0.15) is 17.9 Å². The van der Waals surface area contributed by atoms with Crippen LogP contribution < -0.4 is 10.1 Å². The molecule has 32 heavy (non-hydrogen) atoms. The first-order valence-electron chi connectivity index (χ1n) is 9.91. The summed E-state index contributed by atoms with van der Waals surface area (Å²) < 4.78 is 16.8. The van der Waals surface area contributed by atoms with Crippen molar-refractivity contribution in [2.45, 2.75) is 37.5 Å². The Morgan fingerprint density at radius 3 is 2.53 bits per heavy atom. The minimum Gasteiger partial charge on any atom is -0.479 e. The molecule has 3 N–H and O–H groups in total. The Labute approximate surface area is 186 Å². The summed E-state index contributed by atoms with van der Waals surface area (Å²) in [5.74, 6) is 0.154. The van der Waals surface area contributed by atoms with Gasteiger partial charge in [0.15, 0.2) is 18.1 Å². The molecule has 1 heterocycles. The lowest BCUT2D eigenvalue weighted by Gasteiger charge is -2.48. The van der Waals surface area contributed by atoms with Gasteiger partial charge in [-0.3, -0.25) is 5.41 Å². The van der Waals surface area contributed by atoms with E-state index in [2.05, 4.69) is 11.4 Å². The molecule has 2 aromatic rings. The van der Waals surface area contributed by atoms with Crippen molar-refractivity contribution in [3.8, 4) is 18.0 Å². The van der Waals surface area contributed by atoms with Gasteiger partial charge in [-0.1, -0.05) is 30.3 Å². The molecule has 0 unspecified atom stereocenters. The van der Waals surface area contributed by atoms with Gasteiger partial charge in [0.05, 0.1) is 11.6 Å². The first-order chi connectivity index (χ1) is 15.4. The standard InChI is InChI=1S/C23H25N5O4/c1-23(21(30-2)31-3)20(29)19(17-11-16(12-24)9-10-18(17)32-23)28(14-25)22(26)27-13-15-7-5-4-6-8-15/h4-11,19-21,29H,13H2,1-3H3,(H2,26,27)/t19-,20+,23+/m1/s1. The van der Waals surface area contributed by atoms with E-state index >= 15 is 0 Å². The smallest absolute Gasteiger partial charge is 0.205 e. The lowest BCUT2D eigenvalue weighted by molar-refractivity contribution is -0.241. The number of benzene rings is 2. The Kier molecular flexibility index (Phi) is 6.96. The Balaban J connectivity index is 2.01. The molecule has 166 valence electrons. The van der Waals surface area contributed by atoms with Crippen molar-refractivity contribution in [1.29, 1.82) is 15.9 Å². The number of nitrogens with zero attached hydrogens (tertiary/aromatic N) is 3. The normalized spacial score (nSPS) is 21.6. The molecule has 9 nitrogen and oxygen atoms in total. The third kappa shape index (κ3) is 4.23. The number of hydrogen-bond acceptors (Lipinski definition) is 7. The van der Waals surface area contributed by atoms with E-state index in [0.29, 0.717) is 23.4 Å². The van der Waals surface area contributed by atoms with E-state index in [1.807, 2.05) is 36.5 Å². The van der Waals surface area contributed by atoms with Gasteiger partial charge in [-0.25, -0.2) is 4.90 Å². The number of fused-ring (bicyclic) bond motifs is 1. The average Bonchev–Trinajstić information content (AvgIpc) is 2.81. The molecule has 1 aliphatic heterocycles. The van der Waals surface area contributed by atoms with Crippen LogP contribution in [0.15, 0.2) is 48.5 Å². The third-order valence-electron chi connectivity index (χ3n) is 5.50. The Bertz CT molecular complexity index is 1040. The van der Waals surface area contributed by atoms with E-state index in [4.69, 9.17) is 19.6 Å². The van der Waals surface area contributed by atoms with Crippen molar-refractivity contribution in [1.82, 2.24) is 10.2 Å². The van der Waals surface area contributed by atoms with Gasteiger partial charge in [0, 0.05) is 26.3 Å². The molecule has 1 aliphatic rings. The molecule has 2 aromatic carbocycles. The third-order valence-corrected chi connectivity index (χ3v) is 5.50. The summed E-state index contributed by atoms with van der Waals surface area (Å²) in [6.07, 6.45) is -0.307. The van der Waals surface area contributed by atoms with Gasteiger partial charge in [0.25, 0.3) is 0 Å². The molecular formula is C23H25N5O4. The summed E-state index contributed by atoms with van der Waals surface area (Å²) in [6.45, 7) is 1.93. The van der Waals surface area contributed by atoms with Crippen LogP contribution in [0.4, 0.5) is 0 Å². The molecule has 0 aliphatic carbocycles. The Morgan fingerprint density at radius 1 is 1.25 bits per heavy atom. The summed E-state index contributed by atoms with van der Waals surface area (Å²) in [7, 11) is 2.84. The number of methoxy groups -OCH3 is 2. The maximum atomic E-state index is 11.4. The largest absolute Gasteiger partial charge is 0.479 e. The molecule has 0 saturated carbocycles. The summed E-state index contributed by atoms with van der Waals surface area (Å²) in [4.78, 5) is 1.07. The number of aliphatic hydroxyl groups is 1. The van der Waals surface area contributed by atoms with Gasteiger partial charge in [-0.2, -0.15) is 10.5 Å². The van der Waals surface area contributed by atoms with Crippen molar-refractivity contribution in [2.75, 3.05) is 14.2 Å². The highest BCUT2D eigenvalue weighted by molar-refractivity contribution is 5.79. The molecule has 0 amide bonds. The maximum absolute atomic E-state index is 11.4. The fourth-order valence-electron chi connectivity index (χ4n) is 3.87. The summed E-state index contributed by atoms with van der Waals surface area (Å²) in [5, 5.41) is 42.1. The second-order valence-electron chi connectivity index (χ2n) is 7.50. The molecule has 0 saturated heterocycles. The highest BCUT2D eigenvalue weighted by Crippen LogP contribution is 2.45. The lowest BCUT2D eigenvalue weighted by atomic mass is 9.83. The maximum Gasteiger partial charge on any atom is 0.205 e. The molecule has 9 heteroatoms. The van der Waals surface area contributed by atoms with Gasteiger partial charge >= 0.3 is 0 Å². The number of aliphatic hydroxyl groups excluding tert-OH is 1. The van der Waals surface area contributed by atoms with E-state index in [0.717, 1.165) is 10.5 Å². The van der Waals surface area contributed by atoms with Crippen molar-refractivity contribution in [3.63, 3.8) is 0 Å². The van der Waals surface area contributed by atoms with Gasteiger partial charge < -0.3 is 24.6 Å². The van der Waals surface area contributed by atoms with Crippen LogP contribution in [0.3, 0.4) is 0 Å².